The summed E-state index contributed by atoms with van der Waals surface area (Å²) in [7, 11) is 1.41. The molecule has 0 radical (unpaired) electrons. The molecule has 13 heteroatoms. The molecule has 1 fully saturated rings. The van der Waals surface area contributed by atoms with E-state index in [1.54, 1.807) is 0 Å². The second-order valence-corrected chi connectivity index (χ2v) is 6.44. The van der Waals surface area contributed by atoms with Gasteiger partial charge in [0.25, 0.3) is 12.2 Å². The van der Waals surface area contributed by atoms with Gasteiger partial charge in [0.1, 0.15) is 35.9 Å². The quantitative estimate of drug-likeness (QED) is 0.173. The van der Waals surface area contributed by atoms with Crippen molar-refractivity contribution in [2.75, 3.05) is 13.7 Å². The number of hydrogen-bond donors (Lipinski definition) is 6. The molecular weight excluding hydrogens is 402 g/mol. The Bertz CT molecular complexity index is 919. The highest BCUT2D eigenvalue weighted by Gasteiger charge is 2.47. The van der Waals surface area contributed by atoms with Gasteiger partial charge < -0.3 is 40.4 Å². The van der Waals surface area contributed by atoms with Gasteiger partial charge in [0.05, 0.1) is 19.0 Å². The van der Waals surface area contributed by atoms with E-state index < -0.39 is 43.2 Å². The number of ether oxygens (including phenoxy) is 1. The lowest BCUT2D eigenvalue weighted by molar-refractivity contribution is -0.287. The monoisotopic (exact) mass is 423 g/mol. The van der Waals surface area contributed by atoms with E-state index in [0.717, 1.165) is 10.9 Å². The highest BCUT2D eigenvalue weighted by atomic mass is 16.8. The minimum Gasteiger partial charge on any atom is -0.508 e. The van der Waals surface area contributed by atoms with Gasteiger partial charge in [-0.3, -0.25) is 4.79 Å². The summed E-state index contributed by atoms with van der Waals surface area (Å²) >= 11 is 0. The molecule has 0 saturated carbocycles. The molecule has 30 heavy (non-hydrogen) atoms. The van der Waals surface area contributed by atoms with Crippen molar-refractivity contribution < 1.29 is 39.9 Å². The van der Waals surface area contributed by atoms with Crippen LogP contribution in [-0.4, -0.2) is 90.9 Å². The van der Waals surface area contributed by atoms with Crippen LogP contribution < -0.4 is 5.32 Å². The molecule has 1 amide bonds. The third-order valence-corrected chi connectivity index (χ3v) is 4.49. The number of rotatable bonds is 6. The van der Waals surface area contributed by atoms with Crippen molar-refractivity contribution in [1.82, 2.24) is 20.3 Å². The Labute approximate surface area is 169 Å². The molecule has 1 aromatic carbocycles. The number of phenols is 2. The highest BCUT2D eigenvalue weighted by molar-refractivity contribution is 5.91. The minimum atomic E-state index is -1.52. The van der Waals surface area contributed by atoms with Crippen LogP contribution in [0.3, 0.4) is 0 Å². The molecule has 5 atom stereocenters. The van der Waals surface area contributed by atoms with Gasteiger partial charge in [0, 0.05) is 12.6 Å². The average Bonchev–Trinajstić information content (AvgIpc) is 3.21. The van der Waals surface area contributed by atoms with E-state index in [4.69, 9.17) is 9.57 Å². The molecule has 1 aliphatic heterocycles. The zero-order chi connectivity index (χ0) is 21.8. The fourth-order valence-corrected chi connectivity index (χ4v) is 2.91. The summed E-state index contributed by atoms with van der Waals surface area (Å²) in [5.74, 6) is -0.791. The van der Waals surface area contributed by atoms with Crippen molar-refractivity contribution in [3.8, 4) is 11.5 Å². The number of carbonyl (C=O) groups excluding carboxylic acids is 1. The Balaban J connectivity index is 1.80. The number of nitrogens with one attached hydrogen (secondary N) is 1. The number of aliphatic hydroxyl groups excluding tert-OH is 3. The first-order valence-corrected chi connectivity index (χ1v) is 8.83. The molecule has 13 nitrogen and oxygen atoms in total. The van der Waals surface area contributed by atoms with Crippen molar-refractivity contribution in [1.29, 1.82) is 0 Å². The van der Waals surface area contributed by atoms with E-state index in [2.05, 4.69) is 20.8 Å². The Morgan fingerprint density at radius 2 is 2.13 bits per heavy atom. The molecule has 0 bridgehead atoms. The van der Waals surface area contributed by atoms with E-state index in [1.165, 1.54) is 31.4 Å². The molecule has 162 valence electrons. The van der Waals surface area contributed by atoms with Crippen molar-refractivity contribution in [3.63, 3.8) is 0 Å². The Hall–Kier alpha value is -3.26. The van der Waals surface area contributed by atoms with Gasteiger partial charge in [0.15, 0.2) is 5.69 Å². The molecule has 3 rings (SSSR count). The van der Waals surface area contributed by atoms with Crippen LogP contribution in [0.1, 0.15) is 22.1 Å². The second-order valence-electron chi connectivity index (χ2n) is 6.44. The number of aliphatic hydroxyl groups is 3. The van der Waals surface area contributed by atoms with Crippen molar-refractivity contribution >= 4 is 12.1 Å². The lowest BCUT2D eigenvalue weighted by Gasteiger charge is -2.40. The number of oxime groups is 1. The van der Waals surface area contributed by atoms with E-state index in [0.29, 0.717) is 0 Å². The molecule has 0 unspecified atom stereocenters. The minimum absolute atomic E-state index is 0.0428. The number of phenolic OH excluding ortho intramolecular Hbond substituents is 2. The van der Waals surface area contributed by atoms with Crippen LogP contribution in [-0.2, 0) is 9.57 Å². The first-order chi connectivity index (χ1) is 14.3. The van der Waals surface area contributed by atoms with Gasteiger partial charge in [-0.2, -0.15) is 0 Å². The van der Waals surface area contributed by atoms with Crippen LogP contribution in [0.4, 0.5) is 0 Å². The first kappa shape index (κ1) is 21.4. The molecule has 1 aliphatic rings. The molecule has 0 aliphatic carbocycles. The lowest BCUT2D eigenvalue weighted by atomic mass is 9.96. The third-order valence-electron chi connectivity index (χ3n) is 4.49. The van der Waals surface area contributed by atoms with Crippen LogP contribution in [0.25, 0.3) is 0 Å². The predicted octanol–water partition coefficient (Wildman–Crippen LogP) is -1.92. The van der Waals surface area contributed by atoms with Crippen LogP contribution >= 0.6 is 0 Å². The summed E-state index contributed by atoms with van der Waals surface area (Å²) in [5, 5.41) is 63.2. The average molecular weight is 423 g/mol. The molecule has 1 aromatic heterocycles. The fourth-order valence-electron chi connectivity index (χ4n) is 2.91. The van der Waals surface area contributed by atoms with Gasteiger partial charge in [-0.05, 0) is 18.2 Å². The third kappa shape index (κ3) is 4.33. The standard InChI is InChI=1S/C17H21N5O8/c1-18-16(28)10-6-22(21-20-10)13-14(26)12(7-23)29-17(15(13)27)30-19-5-8-4-9(24)2-3-11(8)25/h2-6,12-15,17,23-27H,7H2,1H3,(H,18,28)/b19-5+/t12-,13+,14+,15-,17+/m1/s1. The first-order valence-electron chi connectivity index (χ1n) is 8.83. The molecule has 2 heterocycles. The van der Waals surface area contributed by atoms with E-state index in [9.17, 15) is 30.3 Å². The lowest BCUT2D eigenvalue weighted by Crippen LogP contribution is -2.56. The maximum atomic E-state index is 11.7. The summed E-state index contributed by atoms with van der Waals surface area (Å²) in [5.41, 5.74) is 0.0980. The van der Waals surface area contributed by atoms with Crippen LogP contribution in [0, 0.1) is 0 Å². The zero-order valence-corrected chi connectivity index (χ0v) is 15.7. The molecule has 0 spiro atoms. The molecule has 2 aromatic rings. The summed E-state index contributed by atoms with van der Waals surface area (Å²) in [6.07, 6.45) is -3.20. The smallest absolute Gasteiger partial charge is 0.273 e. The summed E-state index contributed by atoms with van der Waals surface area (Å²) in [4.78, 5) is 16.8. The second kappa shape index (κ2) is 9.04. The van der Waals surface area contributed by atoms with Gasteiger partial charge in [-0.25, -0.2) is 4.68 Å². The van der Waals surface area contributed by atoms with Crippen LogP contribution in [0.2, 0.25) is 0 Å². The molecular formula is C17H21N5O8. The number of benzene rings is 1. The maximum absolute atomic E-state index is 11.7. The van der Waals surface area contributed by atoms with Gasteiger partial charge in [-0.1, -0.05) is 10.4 Å². The van der Waals surface area contributed by atoms with Crippen LogP contribution in [0.5, 0.6) is 11.5 Å². The Kier molecular flexibility index (Phi) is 6.47. The summed E-state index contributed by atoms with van der Waals surface area (Å²) < 4.78 is 6.42. The number of aromatic hydroxyl groups is 2. The normalized spacial score (nSPS) is 26.6. The topological polar surface area (TPSA) is 192 Å². The van der Waals surface area contributed by atoms with Crippen molar-refractivity contribution in [2.45, 2.75) is 30.6 Å². The summed E-state index contributed by atoms with van der Waals surface area (Å²) in [6, 6.07) is 2.60. The van der Waals surface area contributed by atoms with E-state index in [-0.39, 0.29) is 22.8 Å². The fraction of sp³-hybridized carbons (Fsp3) is 0.412. The molecule has 1 saturated heterocycles. The Morgan fingerprint density at radius 1 is 1.37 bits per heavy atom. The van der Waals surface area contributed by atoms with Crippen molar-refractivity contribution in [3.05, 3.63) is 35.7 Å². The highest BCUT2D eigenvalue weighted by Crippen LogP contribution is 2.30. The zero-order valence-electron chi connectivity index (χ0n) is 15.7. The number of aromatic nitrogens is 3. The number of amides is 1. The van der Waals surface area contributed by atoms with Crippen LogP contribution in [0.15, 0.2) is 29.6 Å². The SMILES string of the molecule is CNC(=O)c1cn([C@H]2[C@@H](O)[C@@H](CO)O[C@@H](O/N=C/c3cc(O)ccc3O)[C@@H]2O)nn1. The van der Waals surface area contributed by atoms with E-state index in [1.807, 2.05) is 0 Å². The van der Waals surface area contributed by atoms with Gasteiger partial charge in [-0.15, -0.1) is 5.10 Å². The number of hydrogen-bond acceptors (Lipinski definition) is 11. The van der Waals surface area contributed by atoms with E-state index >= 15 is 0 Å². The summed E-state index contributed by atoms with van der Waals surface area (Å²) in [6.45, 7) is -0.599. The molecule has 6 N–H and O–H groups in total. The van der Waals surface area contributed by atoms with Gasteiger partial charge >= 0.3 is 0 Å². The predicted molar refractivity (Wildman–Crippen MR) is 98.7 cm³/mol. The number of carbonyl (C=O) groups is 1. The number of nitrogens with zero attached hydrogens (tertiary/aromatic N) is 4. The Morgan fingerprint density at radius 3 is 2.83 bits per heavy atom. The van der Waals surface area contributed by atoms with Crippen molar-refractivity contribution in [2.24, 2.45) is 5.16 Å². The largest absolute Gasteiger partial charge is 0.508 e. The maximum Gasteiger partial charge on any atom is 0.273 e. The van der Waals surface area contributed by atoms with Gasteiger partial charge in [0.2, 0.25) is 0 Å².